The van der Waals surface area contributed by atoms with Crippen molar-refractivity contribution in [1.82, 2.24) is 0 Å². The second-order valence-electron chi connectivity index (χ2n) is 6.34. The zero-order valence-electron chi connectivity index (χ0n) is 20.2. The van der Waals surface area contributed by atoms with Crippen LogP contribution >= 0.6 is 0 Å². The van der Waals surface area contributed by atoms with Gasteiger partial charge in [-0.25, -0.2) is 0 Å². The second kappa shape index (κ2) is 15.7. The minimum absolute atomic E-state index is 0.0673. The first-order chi connectivity index (χ1) is 13.7. The van der Waals surface area contributed by atoms with Crippen molar-refractivity contribution in [3.05, 3.63) is 12.2 Å². The van der Waals surface area contributed by atoms with Gasteiger partial charge in [-0.15, -0.1) is 0 Å². The summed E-state index contributed by atoms with van der Waals surface area (Å²) in [6.45, 7) is 2.62. The molecule has 0 aromatic carbocycles. The predicted octanol–water partition coefficient (Wildman–Crippen LogP) is 5.97. The van der Waals surface area contributed by atoms with Crippen LogP contribution in [-0.2, 0) is 14.3 Å². The van der Waals surface area contributed by atoms with E-state index in [0.717, 1.165) is 19.3 Å². The van der Waals surface area contributed by atoms with Gasteiger partial charge < -0.3 is 9.47 Å². The Balaban J connectivity index is 2.18. The van der Waals surface area contributed by atoms with Crippen LogP contribution in [-0.4, -0.2) is 25.3 Å². The predicted molar refractivity (Wildman–Crippen MR) is 100 cm³/mol. The van der Waals surface area contributed by atoms with Crippen molar-refractivity contribution >= 4 is 5.97 Å². The summed E-state index contributed by atoms with van der Waals surface area (Å²) in [4.78, 5) is 11.9. The van der Waals surface area contributed by atoms with Crippen molar-refractivity contribution in [2.75, 3.05) is 13.2 Å². The van der Waals surface area contributed by atoms with Crippen LogP contribution in [0.15, 0.2) is 12.2 Å². The zero-order valence-corrected chi connectivity index (χ0v) is 15.2. The Morgan fingerprint density at radius 3 is 2.38 bits per heavy atom. The molecule has 0 bridgehead atoms. The molecule has 3 heteroatoms. The molecule has 1 aliphatic heterocycles. The molecule has 0 amide bonds. The Morgan fingerprint density at radius 2 is 1.71 bits per heavy atom. The van der Waals surface area contributed by atoms with E-state index in [0.29, 0.717) is 13.0 Å². The van der Waals surface area contributed by atoms with Gasteiger partial charge in [0.1, 0.15) is 12.7 Å². The molecule has 0 saturated carbocycles. The summed E-state index contributed by atoms with van der Waals surface area (Å²) < 4.78 is 49.4. The Bertz CT molecular complexity index is 493. The molecule has 0 N–H and O–H groups in total. The molecular weight excluding hydrogens is 300 g/mol. The van der Waals surface area contributed by atoms with Crippen LogP contribution < -0.4 is 0 Å². The maximum Gasteiger partial charge on any atom is 0.305 e. The van der Waals surface area contributed by atoms with Crippen LogP contribution in [0.5, 0.6) is 0 Å². The number of hydrogen-bond donors (Lipinski definition) is 0. The fourth-order valence-electron chi connectivity index (χ4n) is 2.34. The first-order valence-electron chi connectivity index (χ1n) is 12.2. The average Bonchev–Trinajstić information content (AvgIpc) is 3.50. The first kappa shape index (κ1) is 14.4. The topological polar surface area (TPSA) is 38.8 Å². The molecule has 3 nitrogen and oxygen atoms in total. The molecule has 0 spiro atoms. The highest BCUT2D eigenvalue weighted by molar-refractivity contribution is 5.69. The minimum atomic E-state index is -2.86. The van der Waals surface area contributed by atoms with Gasteiger partial charge in [-0.05, 0) is 32.1 Å². The smallest absolute Gasteiger partial charge is 0.305 e. The van der Waals surface area contributed by atoms with Gasteiger partial charge in [0, 0.05) is 13.2 Å². The molecule has 140 valence electrons. The SMILES string of the molecule is [2H]C(CCCC/C=C\CCCCCCCC)C([2H])([2H])C([2H])([2H])C(=O)OCC1CO1. The monoisotopic (exact) mass is 343 g/mol. The van der Waals surface area contributed by atoms with Crippen LogP contribution in [0.25, 0.3) is 0 Å². The van der Waals surface area contributed by atoms with Gasteiger partial charge in [-0.2, -0.15) is 0 Å². The zero-order chi connectivity index (χ0) is 21.8. The quantitative estimate of drug-likeness (QED) is 0.141. The van der Waals surface area contributed by atoms with Gasteiger partial charge >= 0.3 is 5.97 Å². The first-order valence-corrected chi connectivity index (χ1v) is 9.59. The van der Waals surface area contributed by atoms with Crippen LogP contribution in [0, 0.1) is 0 Å². The molecule has 24 heavy (non-hydrogen) atoms. The standard InChI is InChI=1S/C21H38O3/c1-2-3-4-5-6-7-8-9-10-11-12-13-14-15-16-17-21(22)24-19-20-18-23-20/h9-10,20H,2-8,11-19H2,1H3/b10-9-/i15D,16D2,17D2. The van der Waals surface area contributed by atoms with Gasteiger partial charge in [0.15, 0.2) is 0 Å². The number of carbonyl (C=O) groups excluding carboxylic acids is 1. The number of ether oxygens (including phenoxy) is 2. The third kappa shape index (κ3) is 14.7. The molecule has 0 aromatic rings. The lowest BCUT2D eigenvalue weighted by molar-refractivity contribution is -0.144. The molecule has 0 aromatic heterocycles. The lowest BCUT2D eigenvalue weighted by Crippen LogP contribution is -2.09. The number of rotatable bonds is 17. The lowest BCUT2D eigenvalue weighted by Gasteiger charge is -2.02. The Labute approximate surface area is 156 Å². The maximum atomic E-state index is 11.9. The molecule has 2 unspecified atom stereocenters. The van der Waals surface area contributed by atoms with E-state index in [1.165, 1.54) is 38.5 Å². The van der Waals surface area contributed by atoms with Gasteiger partial charge in [0.25, 0.3) is 0 Å². The molecular formula is C21H38O3. The number of allylic oxidation sites excluding steroid dienone is 2. The van der Waals surface area contributed by atoms with Gasteiger partial charge in [-0.1, -0.05) is 70.4 Å². The Hall–Kier alpha value is -0.830. The fraction of sp³-hybridized carbons (Fsp3) is 0.857. The van der Waals surface area contributed by atoms with Gasteiger partial charge in [0.2, 0.25) is 0 Å². The molecule has 1 rings (SSSR count). The average molecular weight is 344 g/mol. The van der Waals surface area contributed by atoms with Crippen molar-refractivity contribution in [2.24, 2.45) is 0 Å². The van der Waals surface area contributed by atoms with E-state index < -0.39 is 25.1 Å². The second-order valence-corrected chi connectivity index (χ2v) is 6.34. The van der Waals surface area contributed by atoms with Crippen LogP contribution in [0.4, 0.5) is 0 Å². The van der Waals surface area contributed by atoms with Crippen LogP contribution in [0.1, 0.15) is 104 Å². The molecule has 0 aliphatic carbocycles. The Kier molecular flexibility index (Phi) is 9.38. The van der Waals surface area contributed by atoms with E-state index in [1.54, 1.807) is 0 Å². The molecule has 1 fully saturated rings. The molecule has 1 saturated heterocycles. The highest BCUT2D eigenvalue weighted by atomic mass is 16.6. The van der Waals surface area contributed by atoms with E-state index in [4.69, 9.17) is 16.3 Å². The van der Waals surface area contributed by atoms with Gasteiger partial charge in [-0.3, -0.25) is 4.79 Å². The number of carbonyl (C=O) groups is 1. The third-order valence-corrected chi connectivity index (χ3v) is 3.94. The highest BCUT2D eigenvalue weighted by Gasteiger charge is 2.23. The van der Waals surface area contributed by atoms with E-state index in [2.05, 4.69) is 19.1 Å². The maximum absolute atomic E-state index is 11.9. The van der Waals surface area contributed by atoms with Gasteiger partial charge in [0.05, 0.1) is 6.61 Å². The minimum Gasteiger partial charge on any atom is -0.463 e. The fourth-order valence-corrected chi connectivity index (χ4v) is 2.34. The number of hydrogen-bond acceptors (Lipinski definition) is 3. The van der Waals surface area contributed by atoms with Crippen molar-refractivity contribution in [2.45, 2.75) is 103 Å². The van der Waals surface area contributed by atoms with E-state index in [1.807, 2.05) is 0 Å². The van der Waals surface area contributed by atoms with Crippen molar-refractivity contribution < 1.29 is 21.1 Å². The highest BCUT2D eigenvalue weighted by Crippen LogP contribution is 2.12. The Morgan fingerprint density at radius 1 is 1.08 bits per heavy atom. The summed E-state index contributed by atoms with van der Waals surface area (Å²) >= 11 is 0. The number of unbranched alkanes of at least 4 members (excludes halogenated alkanes) is 8. The summed E-state index contributed by atoms with van der Waals surface area (Å²) in [5.74, 6) is -1.26. The molecule has 1 heterocycles. The molecule has 0 radical (unpaired) electrons. The summed E-state index contributed by atoms with van der Waals surface area (Å²) in [5.41, 5.74) is 0. The van der Waals surface area contributed by atoms with Crippen LogP contribution in [0.2, 0.25) is 0 Å². The molecule has 2 atom stereocenters. The van der Waals surface area contributed by atoms with Crippen molar-refractivity contribution in [1.29, 1.82) is 0 Å². The summed E-state index contributed by atoms with van der Waals surface area (Å²) in [7, 11) is 0. The summed E-state index contributed by atoms with van der Waals surface area (Å²) in [6, 6.07) is 0. The third-order valence-electron chi connectivity index (χ3n) is 3.94. The largest absolute Gasteiger partial charge is 0.463 e. The van der Waals surface area contributed by atoms with E-state index >= 15 is 0 Å². The van der Waals surface area contributed by atoms with E-state index in [-0.39, 0.29) is 19.1 Å². The molecule has 1 aliphatic rings. The van der Waals surface area contributed by atoms with Crippen molar-refractivity contribution in [3.8, 4) is 0 Å². The number of epoxide rings is 1. The number of esters is 1. The van der Waals surface area contributed by atoms with Crippen molar-refractivity contribution in [3.63, 3.8) is 0 Å². The lowest BCUT2D eigenvalue weighted by atomic mass is 10.1. The van der Waals surface area contributed by atoms with Crippen LogP contribution in [0.3, 0.4) is 0 Å². The summed E-state index contributed by atoms with van der Waals surface area (Å²) in [5, 5.41) is 0. The van der Waals surface area contributed by atoms with E-state index in [9.17, 15) is 4.79 Å². The summed E-state index contributed by atoms with van der Waals surface area (Å²) in [6.07, 6.45) is 8.66. The normalized spacial score (nSPS) is 22.2.